The third-order valence-electron chi connectivity index (χ3n) is 4.68. The fourth-order valence-electron chi connectivity index (χ4n) is 3.48. The van der Waals surface area contributed by atoms with Gasteiger partial charge < -0.3 is 9.64 Å². The first kappa shape index (κ1) is 14.7. The molecule has 0 N–H and O–H groups in total. The molecule has 4 nitrogen and oxygen atoms in total. The summed E-state index contributed by atoms with van der Waals surface area (Å²) in [7, 11) is 0. The molecular formula is C18H20N2O2S. The number of rotatable bonds is 3. The molecule has 1 fully saturated rings. The monoisotopic (exact) mass is 328 g/mol. The molecule has 0 bridgehead atoms. The van der Waals surface area contributed by atoms with Crippen molar-refractivity contribution in [3.05, 3.63) is 45.9 Å². The van der Waals surface area contributed by atoms with E-state index in [-0.39, 0.29) is 5.91 Å². The number of aromatic nitrogens is 1. The Morgan fingerprint density at radius 1 is 1.43 bits per heavy atom. The molecular weight excluding hydrogens is 308 g/mol. The predicted molar refractivity (Wildman–Crippen MR) is 90.0 cm³/mol. The lowest BCUT2D eigenvalue weighted by Crippen LogP contribution is -2.39. The molecule has 1 saturated heterocycles. The number of likely N-dealkylation sites (tertiary alicyclic amines) is 1. The second-order valence-electron chi connectivity index (χ2n) is 6.27. The minimum Gasteiger partial charge on any atom is -0.493 e. The van der Waals surface area contributed by atoms with Gasteiger partial charge in [-0.3, -0.25) is 4.79 Å². The molecule has 5 heteroatoms. The third kappa shape index (κ3) is 3.11. The fraction of sp³-hybridized carbons (Fsp3) is 0.444. The molecule has 1 unspecified atom stereocenters. The van der Waals surface area contributed by atoms with E-state index in [1.165, 1.54) is 5.56 Å². The Morgan fingerprint density at radius 3 is 3.26 bits per heavy atom. The maximum Gasteiger partial charge on any atom is 0.227 e. The van der Waals surface area contributed by atoms with Crippen molar-refractivity contribution in [1.29, 1.82) is 0 Å². The molecule has 0 saturated carbocycles. The first-order chi connectivity index (χ1) is 11.3. The Bertz CT molecular complexity index is 699. The van der Waals surface area contributed by atoms with Gasteiger partial charge in [-0.2, -0.15) is 0 Å². The van der Waals surface area contributed by atoms with Crippen LogP contribution in [0.3, 0.4) is 0 Å². The van der Waals surface area contributed by atoms with E-state index in [0.717, 1.165) is 55.3 Å². The van der Waals surface area contributed by atoms with Gasteiger partial charge in [0.15, 0.2) is 0 Å². The summed E-state index contributed by atoms with van der Waals surface area (Å²) in [5.74, 6) is 1.61. The van der Waals surface area contributed by atoms with Crippen LogP contribution in [-0.4, -0.2) is 35.5 Å². The van der Waals surface area contributed by atoms with Crippen LogP contribution in [0.1, 0.15) is 34.9 Å². The number of carbonyl (C=O) groups is 1. The molecule has 1 atom stereocenters. The molecule has 0 spiro atoms. The van der Waals surface area contributed by atoms with Gasteiger partial charge in [0.25, 0.3) is 0 Å². The smallest absolute Gasteiger partial charge is 0.227 e. The zero-order valence-corrected chi connectivity index (χ0v) is 13.8. The average molecular weight is 328 g/mol. The number of fused-ring (bicyclic) bond motifs is 1. The van der Waals surface area contributed by atoms with E-state index in [4.69, 9.17) is 4.74 Å². The largest absolute Gasteiger partial charge is 0.493 e. The number of benzene rings is 1. The third-order valence-corrected chi connectivity index (χ3v) is 5.62. The van der Waals surface area contributed by atoms with Gasteiger partial charge in [0, 0.05) is 37.0 Å². The lowest BCUT2D eigenvalue weighted by atomic mass is 9.98. The van der Waals surface area contributed by atoms with Crippen LogP contribution in [0.2, 0.25) is 0 Å². The van der Waals surface area contributed by atoms with E-state index in [0.29, 0.717) is 12.3 Å². The van der Waals surface area contributed by atoms with Gasteiger partial charge in [0.05, 0.1) is 18.0 Å². The van der Waals surface area contributed by atoms with E-state index in [1.807, 2.05) is 28.6 Å². The molecule has 2 aliphatic heterocycles. The summed E-state index contributed by atoms with van der Waals surface area (Å²) in [5, 5.41) is 3.18. The van der Waals surface area contributed by atoms with Gasteiger partial charge in [-0.25, -0.2) is 4.98 Å². The normalized spacial score (nSPS) is 20.2. The van der Waals surface area contributed by atoms with Gasteiger partial charge in [0.2, 0.25) is 5.91 Å². The second-order valence-corrected chi connectivity index (χ2v) is 7.19. The Kier molecular flexibility index (Phi) is 4.04. The highest BCUT2D eigenvalue weighted by Crippen LogP contribution is 2.29. The highest BCUT2D eigenvalue weighted by atomic mass is 32.1. The maximum atomic E-state index is 12.7. The van der Waals surface area contributed by atoms with Crippen LogP contribution in [0.4, 0.5) is 0 Å². The number of amides is 1. The summed E-state index contributed by atoms with van der Waals surface area (Å²) >= 11 is 1.70. The Balaban J connectivity index is 1.42. The van der Waals surface area contributed by atoms with Crippen LogP contribution >= 0.6 is 11.3 Å². The Hall–Kier alpha value is -1.88. The lowest BCUT2D eigenvalue weighted by molar-refractivity contribution is -0.131. The van der Waals surface area contributed by atoms with E-state index >= 15 is 0 Å². The molecule has 120 valence electrons. The van der Waals surface area contributed by atoms with Crippen LogP contribution in [0.15, 0.2) is 29.8 Å². The first-order valence-corrected chi connectivity index (χ1v) is 9.09. The Morgan fingerprint density at radius 2 is 2.39 bits per heavy atom. The molecule has 4 rings (SSSR count). The van der Waals surface area contributed by atoms with Crippen molar-refractivity contribution in [1.82, 2.24) is 9.88 Å². The van der Waals surface area contributed by atoms with Crippen molar-refractivity contribution in [3.8, 4) is 5.75 Å². The number of nitrogens with zero attached hydrogens (tertiary/aromatic N) is 2. The number of thiazole rings is 1. The van der Waals surface area contributed by atoms with Gasteiger partial charge in [-0.05, 0) is 30.0 Å². The maximum absolute atomic E-state index is 12.7. The van der Waals surface area contributed by atoms with E-state index in [1.54, 1.807) is 11.3 Å². The molecule has 2 aromatic rings. The van der Waals surface area contributed by atoms with E-state index in [2.05, 4.69) is 11.1 Å². The highest BCUT2D eigenvalue weighted by molar-refractivity contribution is 7.09. The predicted octanol–water partition coefficient (Wildman–Crippen LogP) is 3.03. The number of hydrogen-bond acceptors (Lipinski definition) is 4. The highest BCUT2D eigenvalue weighted by Gasteiger charge is 2.26. The number of carbonyl (C=O) groups excluding carboxylic acids is 1. The van der Waals surface area contributed by atoms with Gasteiger partial charge in [0.1, 0.15) is 5.75 Å². The summed E-state index contributed by atoms with van der Waals surface area (Å²) in [6.07, 6.45) is 5.49. The second kappa shape index (κ2) is 6.32. The zero-order chi connectivity index (χ0) is 15.6. The summed E-state index contributed by atoms with van der Waals surface area (Å²) in [6, 6.07) is 6.15. The standard InChI is InChI=1S/C18H20N2O2S/c21-17(11-13-3-4-16-14(10-13)5-8-22-16)20-7-1-2-15(12-20)18-19-6-9-23-18/h3-4,6,9-10,15H,1-2,5,7-8,11-12H2. The molecule has 1 aromatic carbocycles. The van der Waals surface area contributed by atoms with Crippen molar-refractivity contribution in [2.45, 2.75) is 31.6 Å². The minimum atomic E-state index is 0.227. The lowest BCUT2D eigenvalue weighted by Gasteiger charge is -2.32. The summed E-state index contributed by atoms with van der Waals surface area (Å²) in [6.45, 7) is 2.43. The molecule has 0 aliphatic carbocycles. The van der Waals surface area contributed by atoms with Gasteiger partial charge in [-0.15, -0.1) is 11.3 Å². The van der Waals surface area contributed by atoms with Crippen LogP contribution in [-0.2, 0) is 17.6 Å². The van der Waals surface area contributed by atoms with Crippen molar-refractivity contribution < 1.29 is 9.53 Å². The summed E-state index contributed by atoms with van der Waals surface area (Å²) in [5.41, 5.74) is 2.32. The first-order valence-electron chi connectivity index (χ1n) is 8.21. The molecule has 0 radical (unpaired) electrons. The summed E-state index contributed by atoms with van der Waals surface area (Å²) < 4.78 is 5.53. The van der Waals surface area contributed by atoms with Gasteiger partial charge >= 0.3 is 0 Å². The Labute approximate surface area is 140 Å². The van der Waals surface area contributed by atoms with Crippen molar-refractivity contribution in [3.63, 3.8) is 0 Å². The molecule has 23 heavy (non-hydrogen) atoms. The summed E-state index contributed by atoms with van der Waals surface area (Å²) in [4.78, 5) is 19.1. The van der Waals surface area contributed by atoms with Crippen LogP contribution in [0.25, 0.3) is 0 Å². The number of hydrogen-bond donors (Lipinski definition) is 0. The SMILES string of the molecule is O=C(Cc1ccc2c(c1)CCO2)N1CCCC(c2nccs2)C1. The average Bonchev–Trinajstić information content (AvgIpc) is 3.26. The minimum absolute atomic E-state index is 0.227. The van der Waals surface area contributed by atoms with Crippen molar-refractivity contribution in [2.24, 2.45) is 0 Å². The zero-order valence-electron chi connectivity index (χ0n) is 13.0. The molecule has 2 aliphatic rings. The fourth-order valence-corrected chi connectivity index (χ4v) is 4.25. The van der Waals surface area contributed by atoms with Crippen LogP contribution in [0.5, 0.6) is 5.75 Å². The topological polar surface area (TPSA) is 42.4 Å². The van der Waals surface area contributed by atoms with Gasteiger partial charge in [-0.1, -0.05) is 12.1 Å². The molecule has 3 heterocycles. The van der Waals surface area contributed by atoms with E-state index in [9.17, 15) is 4.79 Å². The number of piperidine rings is 1. The van der Waals surface area contributed by atoms with Crippen molar-refractivity contribution in [2.75, 3.05) is 19.7 Å². The molecule has 1 aromatic heterocycles. The van der Waals surface area contributed by atoms with Crippen LogP contribution < -0.4 is 4.74 Å². The van der Waals surface area contributed by atoms with E-state index < -0.39 is 0 Å². The van der Waals surface area contributed by atoms with Crippen molar-refractivity contribution >= 4 is 17.2 Å². The molecule has 1 amide bonds. The quantitative estimate of drug-likeness (QED) is 0.870. The van der Waals surface area contributed by atoms with Crippen LogP contribution in [0, 0.1) is 0 Å². The number of ether oxygens (including phenoxy) is 1.